The summed E-state index contributed by atoms with van der Waals surface area (Å²) in [7, 11) is 3.16. The smallest absolute Gasteiger partial charge is 0.243 e. The third-order valence-electron chi connectivity index (χ3n) is 3.78. The number of aryl methyl sites for hydroxylation is 1. The summed E-state index contributed by atoms with van der Waals surface area (Å²) in [5.74, 6) is 1.25. The standard InChI is InChI=1S/C19H23BrN4O3/c1-12-4-6-14(20)9-15(12)24-18(25)11-23-19(21)22-10-13-5-7-16(26-2)17(8-13)27-3/h4-9H,10-11H2,1-3H3,(H,24,25)(H3,21,22,23). The number of benzene rings is 2. The van der Waals surface area contributed by atoms with Gasteiger partial charge in [-0.2, -0.15) is 0 Å². The van der Waals surface area contributed by atoms with Gasteiger partial charge in [-0.05, 0) is 42.3 Å². The molecule has 2 aromatic carbocycles. The molecule has 0 unspecified atom stereocenters. The normalized spacial score (nSPS) is 11.0. The lowest BCUT2D eigenvalue weighted by Crippen LogP contribution is -2.37. The van der Waals surface area contributed by atoms with Crippen LogP contribution in [-0.4, -0.2) is 32.6 Å². The van der Waals surface area contributed by atoms with E-state index in [0.29, 0.717) is 18.0 Å². The molecule has 0 bridgehead atoms. The van der Waals surface area contributed by atoms with Crippen molar-refractivity contribution in [3.05, 3.63) is 52.0 Å². The second kappa shape index (κ2) is 9.82. The number of halogens is 1. The number of aliphatic imine (C=N–C) groups is 1. The summed E-state index contributed by atoms with van der Waals surface area (Å²) in [6.07, 6.45) is 0. The molecule has 0 aliphatic heterocycles. The second-order valence-electron chi connectivity index (χ2n) is 5.75. The molecule has 4 N–H and O–H groups in total. The topological polar surface area (TPSA) is 98.0 Å². The molecule has 7 nitrogen and oxygen atoms in total. The first-order valence-corrected chi connectivity index (χ1v) is 9.03. The summed E-state index contributed by atoms with van der Waals surface area (Å²) in [4.78, 5) is 16.3. The maximum Gasteiger partial charge on any atom is 0.243 e. The van der Waals surface area contributed by atoms with Gasteiger partial charge in [0.15, 0.2) is 17.5 Å². The monoisotopic (exact) mass is 434 g/mol. The third-order valence-corrected chi connectivity index (χ3v) is 4.28. The highest BCUT2D eigenvalue weighted by atomic mass is 79.9. The van der Waals surface area contributed by atoms with Gasteiger partial charge in [0.2, 0.25) is 5.91 Å². The van der Waals surface area contributed by atoms with Crippen molar-refractivity contribution in [3.8, 4) is 11.5 Å². The van der Waals surface area contributed by atoms with Gasteiger partial charge >= 0.3 is 0 Å². The molecule has 0 saturated carbocycles. The van der Waals surface area contributed by atoms with E-state index in [1.807, 2.05) is 37.3 Å². The van der Waals surface area contributed by atoms with Gasteiger partial charge in [-0.1, -0.05) is 28.1 Å². The van der Waals surface area contributed by atoms with Gasteiger partial charge in [-0.15, -0.1) is 0 Å². The summed E-state index contributed by atoms with van der Waals surface area (Å²) in [5.41, 5.74) is 8.47. The first-order valence-electron chi connectivity index (χ1n) is 8.23. The number of carbonyl (C=O) groups excluding carboxylic acids is 1. The molecule has 0 heterocycles. The van der Waals surface area contributed by atoms with Crippen LogP contribution in [0.2, 0.25) is 0 Å². The van der Waals surface area contributed by atoms with E-state index >= 15 is 0 Å². The molecular formula is C19H23BrN4O3. The number of nitrogens with zero attached hydrogens (tertiary/aromatic N) is 1. The quantitative estimate of drug-likeness (QED) is 0.459. The Labute approximate surface area is 167 Å². The summed E-state index contributed by atoms with van der Waals surface area (Å²) in [6.45, 7) is 2.30. The molecule has 1 amide bonds. The molecule has 0 spiro atoms. The zero-order valence-electron chi connectivity index (χ0n) is 15.5. The Hall–Kier alpha value is -2.74. The van der Waals surface area contributed by atoms with E-state index in [4.69, 9.17) is 15.2 Å². The summed E-state index contributed by atoms with van der Waals surface area (Å²) in [5, 5.41) is 5.64. The molecule has 144 valence electrons. The van der Waals surface area contributed by atoms with E-state index in [-0.39, 0.29) is 18.4 Å². The largest absolute Gasteiger partial charge is 0.493 e. The number of rotatable bonds is 7. The van der Waals surface area contributed by atoms with Crippen LogP contribution in [0.4, 0.5) is 5.69 Å². The predicted octanol–water partition coefficient (Wildman–Crippen LogP) is 2.82. The number of methoxy groups -OCH3 is 2. The van der Waals surface area contributed by atoms with E-state index in [9.17, 15) is 4.79 Å². The van der Waals surface area contributed by atoms with Crippen LogP contribution >= 0.6 is 15.9 Å². The third kappa shape index (κ3) is 6.18. The maximum absolute atomic E-state index is 12.1. The van der Waals surface area contributed by atoms with Crippen LogP contribution < -0.4 is 25.8 Å². The van der Waals surface area contributed by atoms with Crippen LogP contribution in [0.5, 0.6) is 11.5 Å². The minimum Gasteiger partial charge on any atom is -0.493 e. The highest BCUT2D eigenvalue weighted by Crippen LogP contribution is 2.27. The van der Waals surface area contributed by atoms with Gasteiger partial charge in [0, 0.05) is 10.2 Å². The number of nitrogens with one attached hydrogen (secondary N) is 2. The summed E-state index contributed by atoms with van der Waals surface area (Å²) < 4.78 is 11.4. The molecule has 27 heavy (non-hydrogen) atoms. The average molecular weight is 435 g/mol. The lowest BCUT2D eigenvalue weighted by molar-refractivity contribution is -0.115. The minimum absolute atomic E-state index is 0.0211. The van der Waals surface area contributed by atoms with E-state index in [0.717, 1.165) is 21.3 Å². The molecule has 2 rings (SSSR count). The van der Waals surface area contributed by atoms with Crippen molar-refractivity contribution in [2.75, 3.05) is 26.1 Å². The van der Waals surface area contributed by atoms with Crippen molar-refractivity contribution in [1.29, 1.82) is 0 Å². The summed E-state index contributed by atoms with van der Waals surface area (Å²) >= 11 is 3.39. The van der Waals surface area contributed by atoms with Crippen LogP contribution in [0.1, 0.15) is 11.1 Å². The van der Waals surface area contributed by atoms with Crippen LogP contribution in [0.3, 0.4) is 0 Å². The predicted molar refractivity (Wildman–Crippen MR) is 110 cm³/mol. The van der Waals surface area contributed by atoms with E-state index in [2.05, 4.69) is 31.6 Å². The lowest BCUT2D eigenvalue weighted by Gasteiger charge is -2.10. The Kier molecular flexibility index (Phi) is 7.48. The van der Waals surface area contributed by atoms with Crippen LogP contribution in [0, 0.1) is 6.92 Å². The second-order valence-corrected chi connectivity index (χ2v) is 6.67. The molecule has 0 fully saturated rings. The Morgan fingerprint density at radius 2 is 1.89 bits per heavy atom. The van der Waals surface area contributed by atoms with Crippen molar-refractivity contribution in [3.63, 3.8) is 0 Å². The highest BCUT2D eigenvalue weighted by molar-refractivity contribution is 9.10. The molecule has 0 aliphatic rings. The average Bonchev–Trinajstić information content (AvgIpc) is 2.67. The zero-order valence-corrected chi connectivity index (χ0v) is 17.1. The minimum atomic E-state index is -0.208. The zero-order chi connectivity index (χ0) is 19.8. The number of hydrogen-bond acceptors (Lipinski definition) is 4. The molecule has 0 saturated heterocycles. The van der Waals surface area contributed by atoms with Gasteiger partial charge in [0.25, 0.3) is 0 Å². The fourth-order valence-electron chi connectivity index (χ4n) is 2.31. The Morgan fingerprint density at radius 3 is 2.59 bits per heavy atom. The molecule has 0 radical (unpaired) electrons. The fraction of sp³-hybridized carbons (Fsp3) is 0.263. The molecular weight excluding hydrogens is 412 g/mol. The Balaban J connectivity index is 1.88. The van der Waals surface area contributed by atoms with Gasteiger partial charge in [-0.3, -0.25) is 4.79 Å². The first kappa shape index (κ1) is 20.6. The molecule has 0 aromatic heterocycles. The van der Waals surface area contributed by atoms with Crippen molar-refractivity contribution < 1.29 is 14.3 Å². The van der Waals surface area contributed by atoms with Crippen molar-refractivity contribution >= 4 is 33.5 Å². The van der Waals surface area contributed by atoms with Gasteiger partial charge in [-0.25, -0.2) is 4.99 Å². The van der Waals surface area contributed by atoms with Crippen LogP contribution in [-0.2, 0) is 11.3 Å². The lowest BCUT2D eigenvalue weighted by atomic mass is 10.2. The number of ether oxygens (including phenoxy) is 2. The SMILES string of the molecule is COc1ccc(CN=C(N)NCC(=O)Nc2cc(Br)ccc2C)cc1OC. The molecule has 0 atom stereocenters. The van der Waals surface area contributed by atoms with E-state index < -0.39 is 0 Å². The van der Waals surface area contributed by atoms with Crippen molar-refractivity contribution in [2.24, 2.45) is 10.7 Å². The number of amides is 1. The van der Waals surface area contributed by atoms with Crippen molar-refractivity contribution in [2.45, 2.75) is 13.5 Å². The number of anilines is 1. The Morgan fingerprint density at radius 1 is 1.15 bits per heavy atom. The van der Waals surface area contributed by atoms with Gasteiger partial charge < -0.3 is 25.8 Å². The molecule has 8 heteroatoms. The number of guanidine groups is 1. The summed E-state index contributed by atoms with van der Waals surface area (Å²) in [6, 6.07) is 11.2. The highest BCUT2D eigenvalue weighted by Gasteiger charge is 2.07. The fourth-order valence-corrected chi connectivity index (χ4v) is 2.67. The van der Waals surface area contributed by atoms with Gasteiger partial charge in [0.1, 0.15) is 0 Å². The maximum atomic E-state index is 12.1. The number of hydrogen-bond donors (Lipinski definition) is 3. The van der Waals surface area contributed by atoms with E-state index in [1.54, 1.807) is 20.3 Å². The Bertz CT molecular complexity index is 840. The van der Waals surface area contributed by atoms with E-state index in [1.165, 1.54) is 0 Å². The number of carbonyl (C=O) groups is 1. The molecule has 0 aliphatic carbocycles. The number of nitrogens with two attached hydrogens (primary N) is 1. The first-order chi connectivity index (χ1) is 12.9. The van der Waals surface area contributed by atoms with Gasteiger partial charge in [0.05, 0.1) is 27.3 Å². The van der Waals surface area contributed by atoms with Crippen LogP contribution in [0.25, 0.3) is 0 Å². The van der Waals surface area contributed by atoms with Crippen molar-refractivity contribution in [1.82, 2.24) is 5.32 Å². The molecule has 2 aromatic rings. The van der Waals surface area contributed by atoms with Crippen LogP contribution in [0.15, 0.2) is 45.9 Å².